The molecule has 2 aliphatic rings. The Morgan fingerprint density at radius 1 is 1.00 bits per heavy atom. The molecule has 1 heteroatoms. The van der Waals surface area contributed by atoms with Crippen LogP contribution in [0.4, 0.5) is 0 Å². The van der Waals surface area contributed by atoms with Gasteiger partial charge in [0.1, 0.15) is 5.78 Å². The highest BCUT2D eigenvalue weighted by Gasteiger charge is 2.53. The quantitative estimate of drug-likeness (QED) is 0.521. The maximum absolute atomic E-state index is 11.8. The van der Waals surface area contributed by atoms with Gasteiger partial charge < -0.3 is 0 Å². The summed E-state index contributed by atoms with van der Waals surface area (Å²) in [6.07, 6.45) is 5.83. The largest absolute Gasteiger partial charge is 0.298 e. The van der Waals surface area contributed by atoms with Crippen LogP contribution in [0.15, 0.2) is 0 Å². The molecule has 2 saturated carbocycles. The van der Waals surface area contributed by atoms with Gasteiger partial charge in [-0.25, -0.2) is 0 Å². The predicted molar refractivity (Wildman–Crippen MR) is 44.3 cm³/mol. The Balaban J connectivity index is 2.37. The molecule has 0 heterocycles. The van der Waals surface area contributed by atoms with Crippen molar-refractivity contribution in [3.8, 4) is 0 Å². The molecule has 2 aliphatic carbocycles. The van der Waals surface area contributed by atoms with Gasteiger partial charge in [0.15, 0.2) is 0 Å². The highest BCUT2D eigenvalue weighted by molar-refractivity contribution is 5.92. The van der Waals surface area contributed by atoms with Crippen molar-refractivity contribution in [3.05, 3.63) is 0 Å². The third-order valence-corrected chi connectivity index (χ3v) is 3.78. The van der Waals surface area contributed by atoms with E-state index < -0.39 is 0 Å². The summed E-state index contributed by atoms with van der Waals surface area (Å²) in [4.78, 5) is 11.8. The first-order valence-corrected chi connectivity index (χ1v) is 4.62. The third kappa shape index (κ3) is 0.800. The zero-order chi connectivity index (χ0) is 8.11. The van der Waals surface area contributed by atoms with Crippen molar-refractivity contribution in [2.75, 3.05) is 0 Å². The number of carbonyl (C=O) groups excluding carboxylic acids is 1. The summed E-state index contributed by atoms with van der Waals surface area (Å²) in [7, 11) is 0. The minimum atomic E-state index is 0.0764. The molecule has 1 nitrogen and oxygen atoms in total. The van der Waals surface area contributed by atoms with Crippen LogP contribution in [0.1, 0.15) is 46.0 Å². The van der Waals surface area contributed by atoms with Gasteiger partial charge in [0, 0.05) is 10.8 Å². The number of fused-ring (bicyclic) bond motifs is 2. The summed E-state index contributed by atoms with van der Waals surface area (Å²) >= 11 is 0. The van der Waals surface area contributed by atoms with Crippen LogP contribution in [-0.4, -0.2) is 5.78 Å². The first kappa shape index (κ1) is 7.33. The molecule has 2 bridgehead atoms. The van der Waals surface area contributed by atoms with Gasteiger partial charge in [-0.3, -0.25) is 4.79 Å². The van der Waals surface area contributed by atoms with Crippen molar-refractivity contribution in [1.82, 2.24) is 0 Å². The van der Waals surface area contributed by atoms with Crippen molar-refractivity contribution in [3.63, 3.8) is 0 Å². The van der Waals surface area contributed by atoms with E-state index in [1.807, 2.05) is 0 Å². The molecule has 0 aliphatic heterocycles. The number of hydrogen-bond acceptors (Lipinski definition) is 1. The van der Waals surface area contributed by atoms with E-state index in [9.17, 15) is 4.79 Å². The Morgan fingerprint density at radius 2 is 1.45 bits per heavy atom. The molecule has 0 N–H and O–H groups in total. The Bertz CT molecular complexity index is 189. The Kier molecular flexibility index (Phi) is 1.25. The maximum atomic E-state index is 11.8. The minimum absolute atomic E-state index is 0.0764. The normalized spacial score (nSPS) is 49.8. The van der Waals surface area contributed by atoms with Crippen molar-refractivity contribution in [2.24, 2.45) is 10.8 Å². The standard InChI is InChI=1S/C10H16O/c1-9-4-3-5-10(2,7-6-9)8(9)11/h3-7H2,1-2H3/t9-,10?/m0/s1. The molecule has 11 heavy (non-hydrogen) atoms. The van der Waals surface area contributed by atoms with E-state index in [1.165, 1.54) is 6.42 Å². The van der Waals surface area contributed by atoms with Crippen LogP contribution in [0.2, 0.25) is 0 Å². The van der Waals surface area contributed by atoms with E-state index in [2.05, 4.69) is 13.8 Å². The molecule has 0 aromatic rings. The Labute approximate surface area is 68.2 Å². The zero-order valence-electron chi connectivity index (χ0n) is 7.44. The SMILES string of the molecule is CC12CCC[C@@](C)(CC1)C2=O. The highest BCUT2D eigenvalue weighted by Crippen LogP contribution is 2.54. The summed E-state index contributed by atoms with van der Waals surface area (Å²) in [5, 5.41) is 0. The lowest BCUT2D eigenvalue weighted by molar-refractivity contribution is -0.135. The van der Waals surface area contributed by atoms with Crippen LogP contribution in [0, 0.1) is 10.8 Å². The molecule has 2 rings (SSSR count). The summed E-state index contributed by atoms with van der Waals surface area (Å²) < 4.78 is 0. The third-order valence-electron chi connectivity index (χ3n) is 3.78. The monoisotopic (exact) mass is 152 g/mol. The number of hydrogen-bond donors (Lipinski definition) is 0. The van der Waals surface area contributed by atoms with E-state index in [0.29, 0.717) is 5.78 Å². The molecular weight excluding hydrogens is 136 g/mol. The molecular formula is C10H16O. The first-order valence-electron chi connectivity index (χ1n) is 4.62. The van der Waals surface area contributed by atoms with Crippen LogP contribution < -0.4 is 0 Å². The van der Waals surface area contributed by atoms with Gasteiger partial charge in [-0.1, -0.05) is 20.3 Å². The Hall–Kier alpha value is -0.330. The van der Waals surface area contributed by atoms with Gasteiger partial charge in [0.25, 0.3) is 0 Å². The maximum Gasteiger partial charge on any atom is 0.144 e. The van der Waals surface area contributed by atoms with Gasteiger partial charge in [0.2, 0.25) is 0 Å². The van der Waals surface area contributed by atoms with Gasteiger partial charge in [-0.2, -0.15) is 0 Å². The number of ketones is 1. The van der Waals surface area contributed by atoms with Crippen molar-refractivity contribution in [1.29, 1.82) is 0 Å². The summed E-state index contributed by atoms with van der Waals surface area (Å²) in [5.74, 6) is 0.552. The van der Waals surface area contributed by atoms with E-state index in [-0.39, 0.29) is 10.8 Å². The van der Waals surface area contributed by atoms with Crippen LogP contribution in [0.3, 0.4) is 0 Å². The van der Waals surface area contributed by atoms with E-state index in [1.54, 1.807) is 0 Å². The summed E-state index contributed by atoms with van der Waals surface area (Å²) in [6, 6.07) is 0. The van der Waals surface area contributed by atoms with Gasteiger partial charge in [-0.15, -0.1) is 0 Å². The topological polar surface area (TPSA) is 17.1 Å². The first-order chi connectivity index (χ1) is 5.07. The van der Waals surface area contributed by atoms with Crippen LogP contribution in [0.5, 0.6) is 0 Å². The molecule has 0 radical (unpaired) electrons. The molecule has 0 aromatic heterocycles. The average Bonchev–Trinajstić information content (AvgIpc) is 2.17. The second-order valence-corrected chi connectivity index (χ2v) is 4.80. The number of carbonyl (C=O) groups is 1. The van der Waals surface area contributed by atoms with E-state index in [4.69, 9.17) is 0 Å². The predicted octanol–water partition coefficient (Wildman–Crippen LogP) is 2.55. The van der Waals surface area contributed by atoms with Gasteiger partial charge in [0.05, 0.1) is 0 Å². The van der Waals surface area contributed by atoms with Crippen molar-refractivity contribution < 1.29 is 4.79 Å². The summed E-state index contributed by atoms with van der Waals surface area (Å²) in [5.41, 5.74) is 0.153. The molecule has 2 atom stereocenters. The molecule has 0 saturated heterocycles. The molecule has 2 fully saturated rings. The van der Waals surface area contributed by atoms with E-state index >= 15 is 0 Å². The van der Waals surface area contributed by atoms with Crippen LogP contribution >= 0.6 is 0 Å². The zero-order valence-corrected chi connectivity index (χ0v) is 7.44. The fourth-order valence-corrected chi connectivity index (χ4v) is 2.85. The minimum Gasteiger partial charge on any atom is -0.298 e. The molecule has 1 unspecified atom stereocenters. The van der Waals surface area contributed by atoms with Crippen molar-refractivity contribution >= 4 is 5.78 Å². The lowest BCUT2D eigenvalue weighted by atomic mass is 9.70. The van der Waals surface area contributed by atoms with Gasteiger partial charge >= 0.3 is 0 Å². The fraction of sp³-hybridized carbons (Fsp3) is 0.900. The number of rotatable bonds is 0. The second kappa shape index (κ2) is 1.88. The number of Topliss-reactive ketones (excluding diaryl/α,β-unsaturated/α-hetero) is 1. The molecule has 62 valence electrons. The smallest absolute Gasteiger partial charge is 0.144 e. The molecule has 0 spiro atoms. The average molecular weight is 152 g/mol. The second-order valence-electron chi connectivity index (χ2n) is 4.80. The van der Waals surface area contributed by atoms with Crippen molar-refractivity contribution in [2.45, 2.75) is 46.0 Å². The van der Waals surface area contributed by atoms with Gasteiger partial charge in [-0.05, 0) is 25.7 Å². The summed E-state index contributed by atoms with van der Waals surface area (Å²) in [6.45, 7) is 4.31. The lowest BCUT2D eigenvalue weighted by Gasteiger charge is -2.33. The van der Waals surface area contributed by atoms with Crippen LogP contribution in [0.25, 0.3) is 0 Å². The van der Waals surface area contributed by atoms with E-state index in [0.717, 1.165) is 25.7 Å². The molecule has 0 amide bonds. The highest BCUT2D eigenvalue weighted by atomic mass is 16.1. The Morgan fingerprint density at radius 3 is 1.82 bits per heavy atom. The molecule has 0 aromatic carbocycles. The fourth-order valence-electron chi connectivity index (χ4n) is 2.85. The van der Waals surface area contributed by atoms with Crippen LogP contribution in [-0.2, 0) is 4.79 Å². The lowest BCUT2D eigenvalue weighted by Crippen LogP contribution is -2.35.